The van der Waals surface area contributed by atoms with E-state index in [0.717, 1.165) is 11.0 Å². The lowest BCUT2D eigenvalue weighted by molar-refractivity contribution is 0.395. The van der Waals surface area contributed by atoms with Crippen LogP contribution in [0.4, 0.5) is 5.69 Å². The zero-order valence-electron chi connectivity index (χ0n) is 13.0. The minimum Gasteiger partial charge on any atom is -0.292 e. The van der Waals surface area contributed by atoms with Crippen LogP contribution in [0.25, 0.3) is 10.8 Å². The summed E-state index contributed by atoms with van der Waals surface area (Å²) in [5, 5.41) is 2.66. The highest BCUT2D eigenvalue weighted by Crippen LogP contribution is 2.31. The Bertz CT molecular complexity index is 766. The van der Waals surface area contributed by atoms with E-state index < -0.39 is 0 Å². The first-order valence-electron chi connectivity index (χ1n) is 7.43. The van der Waals surface area contributed by atoms with Crippen molar-refractivity contribution in [3.63, 3.8) is 0 Å². The lowest BCUT2D eigenvalue weighted by Gasteiger charge is -2.30. The Kier molecular flexibility index (Phi) is 3.52. The van der Waals surface area contributed by atoms with Gasteiger partial charge in [0.25, 0.3) is 0 Å². The van der Waals surface area contributed by atoms with Crippen molar-refractivity contribution in [2.45, 2.75) is 13.5 Å². The van der Waals surface area contributed by atoms with Crippen LogP contribution in [0.15, 0.2) is 66.7 Å². The summed E-state index contributed by atoms with van der Waals surface area (Å²) in [6, 6.07) is 24.0. The molecule has 1 heteroatoms. The standard InChI is InChI=1S/C20H22N/c1-16-8-6-9-17(14-16)15-21(2,3)20-13-7-11-18-10-4-5-12-19(18)20/h4-14H,15H2,1-3H3/q+1. The van der Waals surface area contributed by atoms with Crippen LogP contribution in [0.5, 0.6) is 0 Å². The number of rotatable bonds is 3. The van der Waals surface area contributed by atoms with Crippen LogP contribution in [-0.4, -0.2) is 14.1 Å². The van der Waals surface area contributed by atoms with E-state index in [4.69, 9.17) is 0 Å². The fourth-order valence-corrected chi connectivity index (χ4v) is 3.09. The quantitative estimate of drug-likeness (QED) is 0.596. The predicted octanol–water partition coefficient (Wildman–Crippen LogP) is 4.92. The molecule has 106 valence electrons. The molecule has 0 aromatic heterocycles. The van der Waals surface area contributed by atoms with Crippen molar-refractivity contribution in [1.29, 1.82) is 0 Å². The van der Waals surface area contributed by atoms with Gasteiger partial charge in [-0.05, 0) is 24.4 Å². The fourth-order valence-electron chi connectivity index (χ4n) is 3.09. The summed E-state index contributed by atoms with van der Waals surface area (Å²) in [6.45, 7) is 3.15. The van der Waals surface area contributed by atoms with Crippen molar-refractivity contribution >= 4 is 16.5 Å². The first kappa shape index (κ1) is 13.8. The van der Waals surface area contributed by atoms with Crippen molar-refractivity contribution in [2.75, 3.05) is 14.1 Å². The largest absolute Gasteiger partial charge is 0.292 e. The molecule has 3 aromatic rings. The lowest BCUT2D eigenvalue weighted by atomic mass is 10.1. The summed E-state index contributed by atoms with van der Waals surface area (Å²) in [6.07, 6.45) is 0. The molecule has 0 saturated carbocycles. The highest BCUT2D eigenvalue weighted by molar-refractivity contribution is 5.93. The smallest absolute Gasteiger partial charge is 0.140 e. The molecular weight excluding hydrogens is 254 g/mol. The summed E-state index contributed by atoms with van der Waals surface area (Å²) in [4.78, 5) is 0. The summed E-state index contributed by atoms with van der Waals surface area (Å²) in [7, 11) is 4.56. The summed E-state index contributed by atoms with van der Waals surface area (Å²) in [5.74, 6) is 0. The van der Waals surface area contributed by atoms with Gasteiger partial charge in [0.1, 0.15) is 12.2 Å². The van der Waals surface area contributed by atoms with Gasteiger partial charge in [0.05, 0.1) is 14.1 Å². The van der Waals surface area contributed by atoms with E-state index >= 15 is 0 Å². The van der Waals surface area contributed by atoms with E-state index in [2.05, 4.69) is 87.7 Å². The zero-order valence-corrected chi connectivity index (χ0v) is 13.0. The molecule has 0 heterocycles. The molecule has 0 aliphatic rings. The van der Waals surface area contributed by atoms with Gasteiger partial charge in [-0.1, -0.05) is 60.2 Å². The zero-order chi connectivity index (χ0) is 14.9. The third-order valence-electron chi connectivity index (χ3n) is 4.08. The maximum Gasteiger partial charge on any atom is 0.140 e. The van der Waals surface area contributed by atoms with Crippen molar-refractivity contribution in [2.24, 2.45) is 0 Å². The molecule has 0 amide bonds. The van der Waals surface area contributed by atoms with Crippen molar-refractivity contribution < 1.29 is 0 Å². The Balaban J connectivity index is 2.04. The molecular formula is C20H22N+. The van der Waals surface area contributed by atoms with E-state index in [-0.39, 0.29) is 0 Å². The van der Waals surface area contributed by atoms with Gasteiger partial charge in [0.2, 0.25) is 0 Å². The van der Waals surface area contributed by atoms with Crippen LogP contribution < -0.4 is 4.48 Å². The van der Waals surface area contributed by atoms with Crippen LogP contribution in [0.1, 0.15) is 11.1 Å². The molecule has 0 aliphatic heterocycles. The Morgan fingerprint density at radius 3 is 2.33 bits per heavy atom. The third kappa shape index (κ3) is 2.84. The topological polar surface area (TPSA) is 0 Å². The van der Waals surface area contributed by atoms with Gasteiger partial charge in [-0.25, -0.2) is 0 Å². The number of nitrogens with zero attached hydrogens (tertiary/aromatic N) is 1. The maximum atomic E-state index is 2.28. The highest BCUT2D eigenvalue weighted by Gasteiger charge is 2.22. The Hall–Kier alpha value is -2.12. The first-order chi connectivity index (χ1) is 10.1. The van der Waals surface area contributed by atoms with E-state index in [0.29, 0.717) is 0 Å². The SMILES string of the molecule is Cc1cccc(C[N+](C)(C)c2cccc3ccccc23)c1. The second-order valence-electron chi connectivity index (χ2n) is 6.33. The average Bonchev–Trinajstić information content (AvgIpc) is 2.46. The fraction of sp³-hybridized carbons (Fsp3) is 0.200. The van der Waals surface area contributed by atoms with Crippen molar-refractivity contribution in [1.82, 2.24) is 4.48 Å². The van der Waals surface area contributed by atoms with Crippen LogP contribution in [0.3, 0.4) is 0 Å². The molecule has 0 saturated heterocycles. The molecule has 0 N–H and O–H groups in total. The summed E-state index contributed by atoms with van der Waals surface area (Å²) < 4.78 is 0.852. The average molecular weight is 276 g/mol. The van der Waals surface area contributed by atoms with Crippen LogP contribution in [0, 0.1) is 6.92 Å². The van der Waals surface area contributed by atoms with Crippen LogP contribution in [0.2, 0.25) is 0 Å². The minimum absolute atomic E-state index is 0.852. The number of aryl methyl sites for hydroxylation is 1. The summed E-state index contributed by atoms with van der Waals surface area (Å²) in [5.41, 5.74) is 4.08. The normalized spacial score (nSPS) is 11.8. The Morgan fingerprint density at radius 1 is 0.810 bits per heavy atom. The van der Waals surface area contributed by atoms with Crippen molar-refractivity contribution in [3.8, 4) is 0 Å². The van der Waals surface area contributed by atoms with Gasteiger partial charge in [0.15, 0.2) is 0 Å². The van der Waals surface area contributed by atoms with Crippen molar-refractivity contribution in [3.05, 3.63) is 77.9 Å². The highest BCUT2D eigenvalue weighted by atomic mass is 15.3. The number of quaternary nitrogens is 1. The third-order valence-corrected chi connectivity index (χ3v) is 4.08. The first-order valence-corrected chi connectivity index (χ1v) is 7.43. The minimum atomic E-state index is 0.852. The molecule has 3 aromatic carbocycles. The molecule has 0 atom stereocenters. The number of fused-ring (bicyclic) bond motifs is 1. The molecule has 1 nitrogen and oxygen atoms in total. The lowest BCUT2D eigenvalue weighted by Crippen LogP contribution is -2.39. The van der Waals surface area contributed by atoms with Gasteiger partial charge < -0.3 is 0 Å². The predicted molar refractivity (Wildman–Crippen MR) is 92.5 cm³/mol. The number of hydrogen-bond acceptors (Lipinski definition) is 0. The van der Waals surface area contributed by atoms with Gasteiger partial charge in [-0.2, -0.15) is 0 Å². The van der Waals surface area contributed by atoms with Gasteiger partial charge in [-0.15, -0.1) is 0 Å². The number of hydrogen-bond donors (Lipinski definition) is 0. The molecule has 21 heavy (non-hydrogen) atoms. The summed E-state index contributed by atoms with van der Waals surface area (Å²) >= 11 is 0. The Morgan fingerprint density at radius 2 is 1.52 bits per heavy atom. The molecule has 0 unspecified atom stereocenters. The van der Waals surface area contributed by atoms with E-state index in [1.807, 2.05) is 0 Å². The van der Waals surface area contributed by atoms with Crippen LogP contribution >= 0.6 is 0 Å². The monoisotopic (exact) mass is 276 g/mol. The molecule has 0 fully saturated rings. The van der Waals surface area contributed by atoms with Gasteiger partial charge in [0, 0.05) is 10.9 Å². The van der Waals surface area contributed by atoms with Crippen LogP contribution in [-0.2, 0) is 6.54 Å². The molecule has 0 bridgehead atoms. The van der Waals surface area contributed by atoms with E-state index in [9.17, 15) is 0 Å². The molecule has 3 rings (SSSR count). The molecule has 0 aliphatic carbocycles. The van der Waals surface area contributed by atoms with Gasteiger partial charge in [-0.3, -0.25) is 4.48 Å². The van der Waals surface area contributed by atoms with E-state index in [1.54, 1.807) is 0 Å². The maximum absolute atomic E-state index is 2.28. The second kappa shape index (κ2) is 5.34. The Labute approximate surface area is 127 Å². The number of benzene rings is 3. The second-order valence-corrected chi connectivity index (χ2v) is 6.33. The molecule has 0 spiro atoms. The van der Waals surface area contributed by atoms with Gasteiger partial charge >= 0.3 is 0 Å². The van der Waals surface area contributed by atoms with E-state index in [1.165, 1.54) is 27.6 Å². The molecule has 0 radical (unpaired) electrons.